The van der Waals surface area contributed by atoms with Gasteiger partial charge in [-0.05, 0) is 25.7 Å². The lowest BCUT2D eigenvalue weighted by Crippen LogP contribution is -2.36. The highest BCUT2D eigenvalue weighted by Gasteiger charge is 2.42. The highest BCUT2D eigenvalue weighted by atomic mass is 32.2. The molecule has 0 radical (unpaired) electrons. The minimum atomic E-state index is -0.0331. The van der Waals surface area contributed by atoms with Gasteiger partial charge in [-0.3, -0.25) is 4.79 Å². The molecule has 0 aromatic carbocycles. The maximum absolute atomic E-state index is 11.6. The second kappa shape index (κ2) is 8.32. The standard InChI is InChI=1S/C15H25N3O2S/c1-2-3-6-9-16-13(19)8-5-4-7-12-14-11(10-21-12)17-15(20)18-14/h2,11-12,14H,1,3-10H2,(H,16,19)(H2,17,18,20)/t11-,12-,14-/m0/s1. The number of hydrogen-bond acceptors (Lipinski definition) is 3. The first kappa shape index (κ1) is 16.2. The van der Waals surface area contributed by atoms with Crippen molar-refractivity contribution in [1.29, 1.82) is 0 Å². The molecule has 0 unspecified atom stereocenters. The number of urea groups is 1. The van der Waals surface area contributed by atoms with Crippen LogP contribution in [0.15, 0.2) is 12.7 Å². The van der Waals surface area contributed by atoms with Crippen LogP contribution in [0.25, 0.3) is 0 Å². The Morgan fingerprint density at radius 1 is 1.38 bits per heavy atom. The van der Waals surface area contributed by atoms with E-state index in [0.717, 1.165) is 44.4 Å². The number of unbranched alkanes of at least 4 members (excludes halogenated alkanes) is 2. The smallest absolute Gasteiger partial charge is 0.315 e. The summed E-state index contributed by atoms with van der Waals surface area (Å²) in [4.78, 5) is 22.9. The summed E-state index contributed by atoms with van der Waals surface area (Å²) >= 11 is 1.93. The van der Waals surface area contributed by atoms with E-state index in [0.29, 0.717) is 17.7 Å². The van der Waals surface area contributed by atoms with Crippen LogP contribution in [0.4, 0.5) is 4.79 Å². The summed E-state index contributed by atoms with van der Waals surface area (Å²) in [5.74, 6) is 1.14. The predicted molar refractivity (Wildman–Crippen MR) is 86.4 cm³/mol. The number of rotatable bonds is 9. The Hall–Kier alpha value is -1.17. The average molecular weight is 311 g/mol. The Balaban J connectivity index is 1.53. The SMILES string of the molecule is C=CCCCNC(=O)CCCC[C@@H]1SC[C@@H]2NC(=O)N[C@@H]21. The van der Waals surface area contributed by atoms with Gasteiger partial charge < -0.3 is 16.0 Å². The van der Waals surface area contributed by atoms with Crippen LogP contribution in [0.5, 0.6) is 0 Å². The Kier molecular flexibility index (Phi) is 6.42. The fraction of sp³-hybridized carbons (Fsp3) is 0.733. The largest absolute Gasteiger partial charge is 0.356 e. The number of amides is 3. The van der Waals surface area contributed by atoms with Crippen molar-refractivity contribution in [1.82, 2.24) is 16.0 Å². The van der Waals surface area contributed by atoms with E-state index in [-0.39, 0.29) is 18.0 Å². The van der Waals surface area contributed by atoms with Crippen molar-refractivity contribution in [3.63, 3.8) is 0 Å². The molecule has 6 heteroatoms. The number of fused-ring (bicyclic) bond motifs is 1. The van der Waals surface area contributed by atoms with Crippen molar-refractivity contribution >= 4 is 23.7 Å². The van der Waals surface area contributed by atoms with E-state index >= 15 is 0 Å². The van der Waals surface area contributed by atoms with Gasteiger partial charge in [0.25, 0.3) is 0 Å². The van der Waals surface area contributed by atoms with Gasteiger partial charge >= 0.3 is 6.03 Å². The molecule has 3 N–H and O–H groups in total. The van der Waals surface area contributed by atoms with E-state index in [9.17, 15) is 9.59 Å². The fourth-order valence-corrected chi connectivity index (χ4v) is 4.38. The van der Waals surface area contributed by atoms with Gasteiger partial charge in [0.05, 0.1) is 12.1 Å². The third-order valence-corrected chi connectivity index (χ3v) is 5.50. The van der Waals surface area contributed by atoms with E-state index in [1.807, 2.05) is 17.8 Å². The van der Waals surface area contributed by atoms with E-state index in [4.69, 9.17) is 0 Å². The molecule has 3 atom stereocenters. The maximum Gasteiger partial charge on any atom is 0.315 e. The van der Waals surface area contributed by atoms with Crippen LogP contribution in [0.1, 0.15) is 38.5 Å². The summed E-state index contributed by atoms with van der Waals surface area (Å²) in [6, 6.07) is 0.532. The van der Waals surface area contributed by atoms with Crippen LogP contribution in [0.2, 0.25) is 0 Å². The van der Waals surface area contributed by atoms with Crippen LogP contribution in [0.3, 0.4) is 0 Å². The highest BCUT2D eigenvalue weighted by molar-refractivity contribution is 8.00. The normalized spacial score (nSPS) is 26.9. The van der Waals surface area contributed by atoms with Gasteiger partial charge in [0.2, 0.25) is 5.91 Å². The molecular weight excluding hydrogens is 286 g/mol. The van der Waals surface area contributed by atoms with Crippen molar-refractivity contribution in [2.45, 2.75) is 55.9 Å². The van der Waals surface area contributed by atoms with Gasteiger partial charge in [0.15, 0.2) is 0 Å². The van der Waals surface area contributed by atoms with E-state index < -0.39 is 0 Å². The zero-order valence-electron chi connectivity index (χ0n) is 12.4. The van der Waals surface area contributed by atoms with Crippen LogP contribution < -0.4 is 16.0 Å². The highest BCUT2D eigenvalue weighted by Crippen LogP contribution is 2.33. The zero-order chi connectivity index (χ0) is 15.1. The Morgan fingerprint density at radius 3 is 3.05 bits per heavy atom. The minimum absolute atomic E-state index is 0.0331. The first-order valence-electron chi connectivity index (χ1n) is 7.77. The molecular formula is C15H25N3O2S. The molecule has 21 heavy (non-hydrogen) atoms. The number of nitrogens with one attached hydrogen (secondary N) is 3. The molecule has 2 fully saturated rings. The van der Waals surface area contributed by atoms with Crippen LogP contribution in [-0.4, -0.2) is 41.6 Å². The van der Waals surface area contributed by atoms with Crippen molar-refractivity contribution < 1.29 is 9.59 Å². The van der Waals surface area contributed by atoms with Gasteiger partial charge in [-0.15, -0.1) is 6.58 Å². The zero-order valence-corrected chi connectivity index (χ0v) is 13.2. The topological polar surface area (TPSA) is 70.2 Å². The third kappa shape index (κ3) is 4.95. The summed E-state index contributed by atoms with van der Waals surface area (Å²) in [6.45, 7) is 4.40. The molecule has 0 aliphatic carbocycles. The lowest BCUT2D eigenvalue weighted by Gasteiger charge is -2.16. The summed E-state index contributed by atoms with van der Waals surface area (Å²) in [5.41, 5.74) is 0. The van der Waals surface area contributed by atoms with Crippen molar-refractivity contribution in [3.8, 4) is 0 Å². The van der Waals surface area contributed by atoms with E-state index in [1.165, 1.54) is 0 Å². The molecule has 0 spiro atoms. The number of carbonyl (C=O) groups is 2. The number of thioether (sulfide) groups is 1. The molecule has 2 aliphatic heterocycles. The molecule has 0 saturated carbocycles. The van der Waals surface area contributed by atoms with Gasteiger partial charge in [0.1, 0.15) is 0 Å². The number of hydrogen-bond donors (Lipinski definition) is 3. The Bertz CT molecular complexity index is 389. The lowest BCUT2D eigenvalue weighted by molar-refractivity contribution is -0.121. The molecule has 5 nitrogen and oxygen atoms in total. The number of carbonyl (C=O) groups excluding carboxylic acids is 2. The van der Waals surface area contributed by atoms with E-state index in [1.54, 1.807) is 0 Å². The molecule has 2 aliphatic rings. The summed E-state index contributed by atoms with van der Waals surface area (Å²) in [5, 5.41) is 9.36. The van der Waals surface area contributed by atoms with Crippen LogP contribution in [-0.2, 0) is 4.79 Å². The second-order valence-corrected chi connectivity index (χ2v) is 6.92. The molecule has 118 valence electrons. The molecule has 2 saturated heterocycles. The Morgan fingerprint density at radius 2 is 2.24 bits per heavy atom. The Labute approximate surface area is 130 Å². The van der Waals surface area contributed by atoms with Gasteiger partial charge in [-0.1, -0.05) is 12.5 Å². The molecule has 0 bridgehead atoms. The van der Waals surface area contributed by atoms with Crippen molar-refractivity contribution in [2.75, 3.05) is 12.3 Å². The molecule has 0 aromatic rings. The van der Waals surface area contributed by atoms with Crippen LogP contribution >= 0.6 is 11.8 Å². The van der Waals surface area contributed by atoms with Crippen LogP contribution in [0, 0.1) is 0 Å². The van der Waals surface area contributed by atoms with Gasteiger partial charge in [-0.25, -0.2) is 4.79 Å². The first-order chi connectivity index (χ1) is 10.2. The molecule has 3 amide bonds. The lowest BCUT2D eigenvalue weighted by atomic mass is 10.0. The average Bonchev–Trinajstić information content (AvgIpc) is 2.99. The molecule has 2 rings (SSSR count). The predicted octanol–water partition coefficient (Wildman–Crippen LogP) is 1.79. The van der Waals surface area contributed by atoms with Crippen molar-refractivity contribution in [3.05, 3.63) is 12.7 Å². The molecule has 0 aromatic heterocycles. The summed E-state index contributed by atoms with van der Waals surface area (Å²) in [6.07, 6.45) is 7.40. The van der Waals surface area contributed by atoms with Gasteiger partial charge in [-0.2, -0.15) is 11.8 Å². The number of allylic oxidation sites excluding steroid dienone is 1. The third-order valence-electron chi connectivity index (χ3n) is 3.99. The molecule has 2 heterocycles. The monoisotopic (exact) mass is 311 g/mol. The summed E-state index contributed by atoms with van der Waals surface area (Å²) < 4.78 is 0. The maximum atomic E-state index is 11.6. The van der Waals surface area contributed by atoms with Crippen molar-refractivity contribution in [2.24, 2.45) is 0 Å². The second-order valence-electron chi connectivity index (χ2n) is 5.65. The fourth-order valence-electron chi connectivity index (χ4n) is 2.84. The quantitative estimate of drug-likeness (QED) is 0.345. The summed E-state index contributed by atoms with van der Waals surface area (Å²) in [7, 11) is 0. The minimum Gasteiger partial charge on any atom is -0.356 e. The first-order valence-corrected chi connectivity index (χ1v) is 8.82. The van der Waals surface area contributed by atoms with Gasteiger partial charge in [0, 0.05) is 24.0 Å². The van der Waals surface area contributed by atoms with E-state index in [2.05, 4.69) is 22.5 Å².